The summed E-state index contributed by atoms with van der Waals surface area (Å²) < 4.78 is 13.8. The van der Waals surface area contributed by atoms with Crippen LogP contribution < -0.4 is 10.2 Å². The summed E-state index contributed by atoms with van der Waals surface area (Å²) in [5.74, 6) is -0.812. The maximum atomic E-state index is 12.9. The number of carbonyl (C=O) groups is 2. The van der Waals surface area contributed by atoms with Crippen LogP contribution in [0, 0.1) is 12.7 Å². The second-order valence-electron chi connectivity index (χ2n) is 5.44. The second kappa shape index (κ2) is 8.06. The van der Waals surface area contributed by atoms with Crippen molar-refractivity contribution in [1.82, 2.24) is 5.32 Å². The fourth-order valence-corrected chi connectivity index (χ4v) is 2.77. The molecule has 0 heterocycles. The van der Waals surface area contributed by atoms with Gasteiger partial charge in [0.05, 0.1) is 0 Å². The van der Waals surface area contributed by atoms with E-state index in [0.29, 0.717) is 5.69 Å². The molecule has 0 aliphatic heterocycles. The molecule has 0 aromatic heterocycles. The van der Waals surface area contributed by atoms with Crippen LogP contribution in [0.2, 0.25) is 0 Å². The number of hydrogen-bond donors (Lipinski definition) is 1. The third-order valence-corrected chi connectivity index (χ3v) is 4.03. The molecule has 24 heavy (non-hydrogen) atoms. The summed E-state index contributed by atoms with van der Waals surface area (Å²) in [7, 11) is 0. The fourth-order valence-electron chi connectivity index (χ4n) is 2.29. The van der Waals surface area contributed by atoms with E-state index in [9.17, 15) is 14.0 Å². The summed E-state index contributed by atoms with van der Waals surface area (Å²) in [5, 5.41) is 2.74. The molecule has 0 unspecified atom stereocenters. The first kappa shape index (κ1) is 18.1. The lowest BCUT2D eigenvalue weighted by Crippen LogP contribution is -2.40. The Labute approximate surface area is 148 Å². The van der Waals surface area contributed by atoms with Crippen molar-refractivity contribution in [3.05, 3.63) is 63.9 Å². The summed E-state index contributed by atoms with van der Waals surface area (Å²) in [5.41, 5.74) is 2.38. The number of nitrogens with zero attached hydrogens (tertiary/aromatic N) is 1. The minimum Gasteiger partial charge on any atom is -0.350 e. The number of amides is 2. The number of rotatable bonds is 5. The third kappa shape index (κ3) is 4.89. The van der Waals surface area contributed by atoms with E-state index in [0.717, 1.165) is 15.6 Å². The van der Waals surface area contributed by atoms with Crippen molar-refractivity contribution >= 4 is 33.4 Å². The molecule has 2 amide bonds. The molecule has 0 spiro atoms. The summed E-state index contributed by atoms with van der Waals surface area (Å²) in [6.07, 6.45) is 0. The van der Waals surface area contributed by atoms with Crippen LogP contribution in [0.4, 0.5) is 10.1 Å². The Morgan fingerprint density at radius 3 is 2.42 bits per heavy atom. The van der Waals surface area contributed by atoms with Crippen LogP contribution in [-0.2, 0) is 16.1 Å². The first-order valence-corrected chi connectivity index (χ1v) is 8.21. The van der Waals surface area contributed by atoms with E-state index in [4.69, 9.17) is 0 Å². The molecular formula is C18H18BrFN2O2. The van der Waals surface area contributed by atoms with E-state index >= 15 is 0 Å². The number of carbonyl (C=O) groups excluding carboxylic acids is 2. The minimum absolute atomic E-state index is 0.0704. The zero-order chi connectivity index (χ0) is 17.7. The fraction of sp³-hybridized carbons (Fsp3) is 0.222. The largest absolute Gasteiger partial charge is 0.350 e. The number of anilines is 1. The van der Waals surface area contributed by atoms with Crippen LogP contribution in [0.3, 0.4) is 0 Å². The van der Waals surface area contributed by atoms with Crippen molar-refractivity contribution < 1.29 is 14.0 Å². The van der Waals surface area contributed by atoms with E-state index in [2.05, 4.69) is 21.2 Å². The van der Waals surface area contributed by atoms with Crippen LogP contribution in [0.25, 0.3) is 0 Å². The van der Waals surface area contributed by atoms with Crippen molar-refractivity contribution in [2.45, 2.75) is 20.4 Å². The molecule has 0 fully saturated rings. The van der Waals surface area contributed by atoms with E-state index in [1.54, 1.807) is 18.2 Å². The van der Waals surface area contributed by atoms with Gasteiger partial charge in [-0.1, -0.05) is 28.1 Å². The third-order valence-electron chi connectivity index (χ3n) is 3.53. The number of aryl methyl sites for hydroxylation is 1. The van der Waals surface area contributed by atoms with Gasteiger partial charge in [0.25, 0.3) is 0 Å². The Kier molecular flexibility index (Phi) is 6.09. The highest BCUT2D eigenvalue weighted by Gasteiger charge is 2.17. The minimum atomic E-state index is -0.321. The molecule has 6 heteroatoms. The van der Waals surface area contributed by atoms with Gasteiger partial charge < -0.3 is 10.2 Å². The van der Waals surface area contributed by atoms with E-state index in [-0.39, 0.29) is 30.7 Å². The van der Waals surface area contributed by atoms with Gasteiger partial charge in [-0.15, -0.1) is 0 Å². The van der Waals surface area contributed by atoms with Crippen LogP contribution in [0.5, 0.6) is 0 Å². The van der Waals surface area contributed by atoms with Crippen molar-refractivity contribution in [2.24, 2.45) is 0 Å². The predicted octanol–water partition coefficient (Wildman–Crippen LogP) is 3.57. The maximum Gasteiger partial charge on any atom is 0.240 e. The Balaban J connectivity index is 2.03. The SMILES string of the molecule is CC(=O)N(CC(=O)NCc1ccc(F)cc1)c1ccc(Br)cc1C. The van der Waals surface area contributed by atoms with Crippen molar-refractivity contribution in [3.63, 3.8) is 0 Å². The van der Waals surface area contributed by atoms with Gasteiger partial charge in [0.15, 0.2) is 0 Å². The first-order chi connectivity index (χ1) is 11.4. The summed E-state index contributed by atoms with van der Waals surface area (Å²) in [6, 6.07) is 11.4. The van der Waals surface area contributed by atoms with Gasteiger partial charge in [-0.3, -0.25) is 9.59 Å². The van der Waals surface area contributed by atoms with Crippen molar-refractivity contribution in [2.75, 3.05) is 11.4 Å². The average molecular weight is 393 g/mol. The second-order valence-corrected chi connectivity index (χ2v) is 6.35. The summed E-state index contributed by atoms with van der Waals surface area (Å²) in [4.78, 5) is 25.5. The molecule has 0 saturated heterocycles. The monoisotopic (exact) mass is 392 g/mol. The van der Waals surface area contributed by atoms with E-state index in [1.165, 1.54) is 24.0 Å². The predicted molar refractivity (Wildman–Crippen MR) is 95.2 cm³/mol. The smallest absolute Gasteiger partial charge is 0.240 e. The Morgan fingerprint density at radius 2 is 1.83 bits per heavy atom. The number of nitrogens with one attached hydrogen (secondary N) is 1. The quantitative estimate of drug-likeness (QED) is 0.845. The van der Waals surface area contributed by atoms with Gasteiger partial charge in [0, 0.05) is 23.6 Å². The molecule has 2 rings (SSSR count). The van der Waals surface area contributed by atoms with E-state index < -0.39 is 0 Å². The molecule has 1 N–H and O–H groups in total. The van der Waals surface area contributed by atoms with Crippen LogP contribution in [-0.4, -0.2) is 18.4 Å². The maximum absolute atomic E-state index is 12.9. The topological polar surface area (TPSA) is 49.4 Å². The van der Waals surface area contributed by atoms with Crippen molar-refractivity contribution in [1.29, 1.82) is 0 Å². The number of benzene rings is 2. The van der Waals surface area contributed by atoms with Crippen LogP contribution >= 0.6 is 15.9 Å². The molecule has 0 aliphatic carbocycles. The molecule has 0 bridgehead atoms. The van der Waals surface area contributed by atoms with E-state index in [1.807, 2.05) is 19.1 Å². The highest BCUT2D eigenvalue weighted by atomic mass is 79.9. The number of halogens is 2. The molecule has 0 aliphatic rings. The zero-order valence-electron chi connectivity index (χ0n) is 13.5. The van der Waals surface area contributed by atoms with Crippen LogP contribution in [0.1, 0.15) is 18.1 Å². The average Bonchev–Trinajstić information content (AvgIpc) is 2.52. The molecule has 0 atom stereocenters. The van der Waals surface area contributed by atoms with Gasteiger partial charge in [0.2, 0.25) is 11.8 Å². The van der Waals surface area contributed by atoms with Gasteiger partial charge in [-0.25, -0.2) is 4.39 Å². The zero-order valence-corrected chi connectivity index (χ0v) is 15.1. The summed E-state index contributed by atoms with van der Waals surface area (Å²) in [6.45, 7) is 3.52. The first-order valence-electron chi connectivity index (χ1n) is 7.42. The Morgan fingerprint density at radius 1 is 1.17 bits per heavy atom. The van der Waals surface area contributed by atoms with Gasteiger partial charge >= 0.3 is 0 Å². The lowest BCUT2D eigenvalue weighted by molar-refractivity contribution is -0.123. The molecule has 126 valence electrons. The van der Waals surface area contributed by atoms with Gasteiger partial charge in [-0.2, -0.15) is 0 Å². The normalized spacial score (nSPS) is 10.3. The number of hydrogen-bond acceptors (Lipinski definition) is 2. The van der Waals surface area contributed by atoms with Crippen molar-refractivity contribution in [3.8, 4) is 0 Å². The highest BCUT2D eigenvalue weighted by Crippen LogP contribution is 2.24. The molecule has 2 aromatic carbocycles. The Bertz CT molecular complexity index is 747. The molecule has 4 nitrogen and oxygen atoms in total. The van der Waals surface area contributed by atoms with Gasteiger partial charge in [-0.05, 0) is 48.4 Å². The standard InChI is InChI=1S/C18H18BrFN2O2/c1-12-9-15(19)5-8-17(12)22(13(2)23)11-18(24)21-10-14-3-6-16(20)7-4-14/h3-9H,10-11H2,1-2H3,(H,21,24). The summed E-state index contributed by atoms with van der Waals surface area (Å²) >= 11 is 3.38. The lowest BCUT2D eigenvalue weighted by atomic mass is 10.1. The molecular weight excluding hydrogens is 375 g/mol. The van der Waals surface area contributed by atoms with Crippen LogP contribution in [0.15, 0.2) is 46.9 Å². The lowest BCUT2D eigenvalue weighted by Gasteiger charge is -2.22. The molecule has 0 saturated carbocycles. The Hall–Kier alpha value is -2.21. The highest BCUT2D eigenvalue weighted by molar-refractivity contribution is 9.10. The molecule has 2 aromatic rings. The van der Waals surface area contributed by atoms with Gasteiger partial charge in [0.1, 0.15) is 12.4 Å². The molecule has 0 radical (unpaired) electrons.